The first kappa shape index (κ1) is 10.6. The van der Waals surface area contributed by atoms with Crippen molar-refractivity contribution in [2.75, 3.05) is 13.1 Å². The fourth-order valence-corrected chi connectivity index (χ4v) is 2.10. The number of hydrogen-bond acceptors (Lipinski definition) is 2. The molecule has 0 amide bonds. The van der Waals surface area contributed by atoms with E-state index in [4.69, 9.17) is 0 Å². The molecule has 1 aromatic heterocycles. The van der Waals surface area contributed by atoms with E-state index in [9.17, 15) is 4.39 Å². The van der Waals surface area contributed by atoms with Gasteiger partial charge in [-0.2, -0.15) is 0 Å². The van der Waals surface area contributed by atoms with Crippen molar-refractivity contribution in [1.29, 1.82) is 0 Å². The van der Waals surface area contributed by atoms with Crippen molar-refractivity contribution >= 4 is 0 Å². The Hall–Kier alpha value is -0.960. The van der Waals surface area contributed by atoms with Gasteiger partial charge in [-0.3, -0.25) is 4.98 Å². The third kappa shape index (κ3) is 2.02. The first-order valence-electron chi connectivity index (χ1n) is 5.49. The molecule has 2 nitrogen and oxygen atoms in total. The highest BCUT2D eigenvalue weighted by atomic mass is 19.1. The van der Waals surface area contributed by atoms with Gasteiger partial charge in [-0.05, 0) is 37.6 Å². The maximum atomic E-state index is 12.7. The van der Waals surface area contributed by atoms with Crippen molar-refractivity contribution in [3.8, 4) is 0 Å². The van der Waals surface area contributed by atoms with Crippen LogP contribution in [0, 0.1) is 11.7 Å². The Bertz CT molecular complexity index is 336. The van der Waals surface area contributed by atoms with Crippen LogP contribution in [0.3, 0.4) is 0 Å². The van der Waals surface area contributed by atoms with Gasteiger partial charge in [0.2, 0.25) is 0 Å². The van der Waals surface area contributed by atoms with Crippen molar-refractivity contribution < 1.29 is 4.39 Å². The van der Waals surface area contributed by atoms with Gasteiger partial charge in [0.15, 0.2) is 0 Å². The Morgan fingerprint density at radius 1 is 1.60 bits per heavy atom. The fourth-order valence-electron chi connectivity index (χ4n) is 2.10. The van der Waals surface area contributed by atoms with E-state index in [1.807, 2.05) is 0 Å². The van der Waals surface area contributed by atoms with E-state index < -0.39 is 0 Å². The lowest BCUT2D eigenvalue weighted by Crippen LogP contribution is -2.20. The second-order valence-electron chi connectivity index (χ2n) is 4.49. The largest absolute Gasteiger partial charge is 0.317 e. The lowest BCUT2D eigenvalue weighted by molar-refractivity contribution is 0.574. The Morgan fingerprint density at radius 3 is 3.00 bits per heavy atom. The molecule has 0 spiro atoms. The van der Waals surface area contributed by atoms with Gasteiger partial charge in [-0.25, -0.2) is 4.39 Å². The second kappa shape index (κ2) is 3.89. The van der Waals surface area contributed by atoms with Crippen LogP contribution in [0.2, 0.25) is 0 Å². The molecular formula is C12H17FN2. The molecule has 0 aliphatic heterocycles. The minimum atomic E-state index is -0.258. The maximum Gasteiger partial charge on any atom is 0.141 e. The first-order chi connectivity index (χ1) is 7.16. The molecule has 2 unspecified atom stereocenters. The second-order valence-corrected chi connectivity index (χ2v) is 4.49. The summed E-state index contributed by atoms with van der Waals surface area (Å²) >= 11 is 0. The minimum absolute atomic E-state index is 0.163. The molecule has 3 heteroatoms. The molecule has 1 aliphatic rings. The third-order valence-electron chi connectivity index (χ3n) is 3.36. The normalized spacial score (nSPS) is 29.1. The number of halogens is 1. The quantitative estimate of drug-likeness (QED) is 0.819. The van der Waals surface area contributed by atoms with Crippen molar-refractivity contribution in [2.24, 2.45) is 5.92 Å². The molecule has 0 aromatic carbocycles. The predicted octanol–water partition coefficient (Wildman–Crippen LogP) is 2.11. The highest BCUT2D eigenvalue weighted by Gasteiger charge is 2.51. The average Bonchev–Trinajstić information content (AvgIpc) is 2.89. The fraction of sp³-hybridized carbons (Fsp3) is 0.583. The molecule has 0 bridgehead atoms. The number of rotatable bonds is 4. The maximum absolute atomic E-state index is 12.7. The highest BCUT2D eigenvalue weighted by Crippen LogP contribution is 2.52. The summed E-state index contributed by atoms with van der Waals surface area (Å²) in [5.74, 6) is 0.390. The zero-order valence-electron chi connectivity index (χ0n) is 9.26. The zero-order valence-corrected chi connectivity index (χ0v) is 9.26. The first-order valence-corrected chi connectivity index (χ1v) is 5.49. The van der Waals surface area contributed by atoms with Gasteiger partial charge in [-0.15, -0.1) is 0 Å². The topological polar surface area (TPSA) is 24.9 Å². The summed E-state index contributed by atoms with van der Waals surface area (Å²) in [7, 11) is 0. The number of aromatic nitrogens is 1. The van der Waals surface area contributed by atoms with Crippen LogP contribution in [0.15, 0.2) is 18.3 Å². The van der Waals surface area contributed by atoms with Crippen molar-refractivity contribution in [3.05, 3.63) is 29.8 Å². The van der Waals surface area contributed by atoms with E-state index in [1.165, 1.54) is 12.3 Å². The summed E-state index contributed by atoms with van der Waals surface area (Å²) in [6.07, 6.45) is 2.46. The minimum Gasteiger partial charge on any atom is -0.317 e. The summed E-state index contributed by atoms with van der Waals surface area (Å²) in [5.41, 5.74) is 1.18. The van der Waals surface area contributed by atoms with Gasteiger partial charge in [-0.1, -0.05) is 13.8 Å². The van der Waals surface area contributed by atoms with Crippen LogP contribution in [0.25, 0.3) is 0 Å². The molecule has 2 atom stereocenters. The highest BCUT2D eigenvalue weighted by molar-refractivity contribution is 5.26. The molecule has 1 N–H and O–H groups in total. The van der Waals surface area contributed by atoms with Gasteiger partial charge < -0.3 is 5.32 Å². The van der Waals surface area contributed by atoms with Gasteiger partial charge >= 0.3 is 0 Å². The van der Waals surface area contributed by atoms with E-state index in [1.54, 1.807) is 6.07 Å². The van der Waals surface area contributed by atoms with Crippen LogP contribution in [0.1, 0.15) is 26.0 Å². The van der Waals surface area contributed by atoms with Crippen LogP contribution in [-0.4, -0.2) is 18.1 Å². The molecule has 0 saturated heterocycles. The monoisotopic (exact) mass is 208 g/mol. The molecule has 1 fully saturated rings. The summed E-state index contributed by atoms with van der Waals surface area (Å²) in [6, 6.07) is 3.30. The molecular weight excluding hydrogens is 191 g/mol. The van der Waals surface area contributed by atoms with Gasteiger partial charge in [0.25, 0.3) is 0 Å². The average molecular weight is 208 g/mol. The van der Waals surface area contributed by atoms with Crippen molar-refractivity contribution in [1.82, 2.24) is 10.3 Å². The third-order valence-corrected chi connectivity index (χ3v) is 3.36. The van der Waals surface area contributed by atoms with Gasteiger partial charge in [0.1, 0.15) is 5.82 Å². The lowest BCUT2D eigenvalue weighted by Gasteiger charge is -2.10. The standard InChI is InChI=1S/C12H17FN2/c1-3-14-7-9-6-12(9,2)11-5-4-10(13)8-15-11/h4-5,8-9,14H,3,6-7H2,1-2H3. The number of nitrogens with zero attached hydrogens (tertiary/aromatic N) is 1. The zero-order chi connectivity index (χ0) is 10.9. The van der Waals surface area contributed by atoms with Crippen LogP contribution in [0.4, 0.5) is 4.39 Å². The molecule has 1 aliphatic carbocycles. The van der Waals surface area contributed by atoms with E-state index in [0.717, 1.165) is 25.2 Å². The van der Waals surface area contributed by atoms with E-state index >= 15 is 0 Å². The van der Waals surface area contributed by atoms with Crippen LogP contribution >= 0.6 is 0 Å². The predicted molar refractivity (Wildman–Crippen MR) is 58.2 cm³/mol. The Kier molecular flexibility index (Phi) is 2.74. The SMILES string of the molecule is CCNCC1CC1(C)c1ccc(F)cn1. The van der Waals surface area contributed by atoms with E-state index in [2.05, 4.69) is 24.1 Å². The summed E-state index contributed by atoms with van der Waals surface area (Å²) in [5, 5.41) is 3.34. The summed E-state index contributed by atoms with van der Waals surface area (Å²) < 4.78 is 12.7. The van der Waals surface area contributed by atoms with Crippen LogP contribution in [0.5, 0.6) is 0 Å². The van der Waals surface area contributed by atoms with Crippen molar-refractivity contribution in [2.45, 2.75) is 25.7 Å². The lowest BCUT2D eigenvalue weighted by atomic mass is 10.0. The van der Waals surface area contributed by atoms with Crippen molar-refractivity contribution in [3.63, 3.8) is 0 Å². The van der Waals surface area contributed by atoms with Gasteiger partial charge in [0.05, 0.1) is 6.20 Å². The van der Waals surface area contributed by atoms with E-state index in [-0.39, 0.29) is 11.2 Å². The smallest absolute Gasteiger partial charge is 0.141 e. The summed E-state index contributed by atoms with van der Waals surface area (Å²) in [4.78, 5) is 4.17. The molecule has 1 heterocycles. The molecule has 0 radical (unpaired) electrons. The summed E-state index contributed by atoms with van der Waals surface area (Å²) in [6.45, 7) is 6.35. The molecule has 82 valence electrons. The number of pyridine rings is 1. The number of nitrogens with one attached hydrogen (secondary N) is 1. The molecule has 1 aromatic rings. The van der Waals surface area contributed by atoms with Gasteiger partial charge in [0, 0.05) is 11.1 Å². The van der Waals surface area contributed by atoms with E-state index in [0.29, 0.717) is 5.92 Å². The molecule has 2 rings (SSSR count). The molecule has 1 saturated carbocycles. The number of hydrogen-bond donors (Lipinski definition) is 1. The Balaban J connectivity index is 2.03. The Labute approximate surface area is 89.9 Å². The van der Waals surface area contributed by atoms with Crippen LogP contribution < -0.4 is 5.32 Å². The Morgan fingerprint density at radius 2 is 2.40 bits per heavy atom. The molecule has 15 heavy (non-hydrogen) atoms. The van der Waals surface area contributed by atoms with Crippen LogP contribution in [-0.2, 0) is 5.41 Å².